The highest BCUT2D eigenvalue weighted by Crippen LogP contribution is 2.41. The lowest BCUT2D eigenvalue weighted by molar-refractivity contribution is 0.464. The van der Waals surface area contributed by atoms with E-state index in [-0.39, 0.29) is 11.9 Å². The molecule has 1 aliphatic carbocycles. The maximum atomic E-state index is 13.2. The number of hydrogen-bond acceptors (Lipinski definition) is 2. The largest absolute Gasteiger partial charge is 0.329 e. The standard InChI is InChI=1S/C21H22FN3/c22-19-10-8-18(9-11-19)21(17-6-7-17)24-14-20-23-12-13-25(20)15-16-4-2-1-3-5-16/h1-5,8-13,17,21,24H,6-7,14-15H2/t21-/m0/s1. The predicted octanol–water partition coefficient (Wildman–Crippen LogP) is 4.31. The van der Waals surface area contributed by atoms with Crippen LogP contribution in [0.3, 0.4) is 0 Å². The Hall–Kier alpha value is -2.46. The van der Waals surface area contributed by atoms with Gasteiger partial charge in [0.25, 0.3) is 0 Å². The van der Waals surface area contributed by atoms with Crippen LogP contribution in [0.4, 0.5) is 4.39 Å². The second kappa shape index (κ2) is 7.19. The van der Waals surface area contributed by atoms with Gasteiger partial charge in [0, 0.05) is 25.0 Å². The Morgan fingerprint density at radius 1 is 1.08 bits per heavy atom. The van der Waals surface area contributed by atoms with Gasteiger partial charge >= 0.3 is 0 Å². The predicted molar refractivity (Wildman–Crippen MR) is 96.5 cm³/mol. The lowest BCUT2D eigenvalue weighted by Gasteiger charge is -2.19. The minimum atomic E-state index is -0.184. The van der Waals surface area contributed by atoms with Crippen LogP contribution in [-0.4, -0.2) is 9.55 Å². The Morgan fingerprint density at radius 2 is 1.84 bits per heavy atom. The summed E-state index contributed by atoms with van der Waals surface area (Å²) in [5.74, 6) is 1.48. The molecule has 1 saturated carbocycles. The van der Waals surface area contributed by atoms with E-state index in [1.165, 1.54) is 18.4 Å². The third-order valence-corrected chi connectivity index (χ3v) is 4.80. The van der Waals surface area contributed by atoms with E-state index >= 15 is 0 Å². The molecule has 0 bridgehead atoms. The van der Waals surface area contributed by atoms with Crippen LogP contribution >= 0.6 is 0 Å². The van der Waals surface area contributed by atoms with Gasteiger partial charge in [0.2, 0.25) is 0 Å². The quantitative estimate of drug-likeness (QED) is 0.697. The number of aromatic nitrogens is 2. The summed E-state index contributed by atoms with van der Waals surface area (Å²) >= 11 is 0. The molecule has 0 unspecified atom stereocenters. The Labute approximate surface area is 147 Å². The van der Waals surface area contributed by atoms with Gasteiger partial charge in [0.15, 0.2) is 0 Å². The van der Waals surface area contributed by atoms with E-state index in [1.54, 1.807) is 12.1 Å². The average Bonchev–Trinajstić information content (AvgIpc) is 3.38. The fraction of sp³-hybridized carbons (Fsp3) is 0.286. The molecule has 2 aromatic carbocycles. The number of imidazole rings is 1. The van der Waals surface area contributed by atoms with Crippen molar-refractivity contribution in [1.82, 2.24) is 14.9 Å². The fourth-order valence-corrected chi connectivity index (χ4v) is 3.29. The molecule has 3 aromatic rings. The van der Waals surface area contributed by atoms with Crippen molar-refractivity contribution in [3.8, 4) is 0 Å². The van der Waals surface area contributed by atoms with Crippen LogP contribution in [0.25, 0.3) is 0 Å². The van der Waals surface area contributed by atoms with Crippen LogP contribution < -0.4 is 5.32 Å². The highest BCUT2D eigenvalue weighted by molar-refractivity contribution is 5.22. The second-order valence-electron chi connectivity index (χ2n) is 6.70. The minimum Gasteiger partial charge on any atom is -0.329 e. The first-order valence-electron chi connectivity index (χ1n) is 8.82. The van der Waals surface area contributed by atoms with Crippen LogP contribution in [0.15, 0.2) is 67.0 Å². The van der Waals surface area contributed by atoms with Crippen molar-refractivity contribution in [3.63, 3.8) is 0 Å². The van der Waals surface area contributed by atoms with Gasteiger partial charge < -0.3 is 9.88 Å². The Morgan fingerprint density at radius 3 is 2.56 bits per heavy atom. The van der Waals surface area contributed by atoms with Crippen LogP contribution in [0.5, 0.6) is 0 Å². The molecule has 128 valence electrons. The number of hydrogen-bond donors (Lipinski definition) is 1. The van der Waals surface area contributed by atoms with E-state index in [0.29, 0.717) is 12.5 Å². The van der Waals surface area contributed by atoms with Gasteiger partial charge in [0.1, 0.15) is 11.6 Å². The molecule has 0 radical (unpaired) electrons. The lowest BCUT2D eigenvalue weighted by Crippen LogP contribution is -2.24. The molecular formula is C21H22FN3. The zero-order chi connectivity index (χ0) is 17.1. The summed E-state index contributed by atoms with van der Waals surface area (Å²) < 4.78 is 15.4. The topological polar surface area (TPSA) is 29.9 Å². The molecule has 1 aromatic heterocycles. The van der Waals surface area contributed by atoms with E-state index in [0.717, 1.165) is 17.9 Å². The number of benzene rings is 2. The minimum absolute atomic E-state index is 0.184. The van der Waals surface area contributed by atoms with Gasteiger partial charge in [-0.25, -0.2) is 9.37 Å². The smallest absolute Gasteiger partial charge is 0.123 e. The molecule has 4 heteroatoms. The van der Waals surface area contributed by atoms with Crippen molar-refractivity contribution in [3.05, 3.63) is 89.8 Å². The maximum Gasteiger partial charge on any atom is 0.123 e. The first-order valence-corrected chi connectivity index (χ1v) is 8.82. The van der Waals surface area contributed by atoms with Gasteiger partial charge in [-0.1, -0.05) is 42.5 Å². The van der Waals surface area contributed by atoms with Crippen molar-refractivity contribution < 1.29 is 4.39 Å². The van der Waals surface area contributed by atoms with Crippen molar-refractivity contribution in [2.24, 2.45) is 5.92 Å². The van der Waals surface area contributed by atoms with Gasteiger partial charge in [-0.15, -0.1) is 0 Å². The third-order valence-electron chi connectivity index (χ3n) is 4.80. The zero-order valence-electron chi connectivity index (χ0n) is 14.1. The molecular weight excluding hydrogens is 313 g/mol. The Bertz CT molecular complexity index is 807. The van der Waals surface area contributed by atoms with E-state index in [4.69, 9.17) is 0 Å². The zero-order valence-corrected chi connectivity index (χ0v) is 14.1. The van der Waals surface area contributed by atoms with Crippen molar-refractivity contribution >= 4 is 0 Å². The summed E-state index contributed by atoms with van der Waals surface area (Å²) in [5, 5.41) is 3.64. The van der Waals surface area contributed by atoms with Crippen LogP contribution in [0.1, 0.15) is 35.8 Å². The monoisotopic (exact) mass is 335 g/mol. The molecule has 1 N–H and O–H groups in total. The summed E-state index contributed by atoms with van der Waals surface area (Å²) in [4.78, 5) is 4.51. The molecule has 3 nitrogen and oxygen atoms in total. The van der Waals surface area contributed by atoms with E-state index in [9.17, 15) is 4.39 Å². The number of nitrogens with one attached hydrogen (secondary N) is 1. The van der Waals surface area contributed by atoms with Crippen LogP contribution in [-0.2, 0) is 13.1 Å². The second-order valence-corrected chi connectivity index (χ2v) is 6.70. The number of halogens is 1. The molecule has 1 aliphatic rings. The normalized spacial score (nSPS) is 15.2. The molecule has 1 atom stereocenters. The molecule has 0 saturated heterocycles. The molecule has 1 heterocycles. The first-order chi connectivity index (χ1) is 12.3. The summed E-state index contributed by atoms with van der Waals surface area (Å²) in [6, 6.07) is 17.5. The van der Waals surface area contributed by atoms with Crippen LogP contribution in [0.2, 0.25) is 0 Å². The number of nitrogens with zero attached hydrogens (tertiary/aromatic N) is 2. The van der Waals surface area contributed by atoms with Crippen molar-refractivity contribution in [1.29, 1.82) is 0 Å². The van der Waals surface area contributed by atoms with Gasteiger partial charge in [-0.3, -0.25) is 0 Å². The molecule has 4 rings (SSSR count). The third kappa shape index (κ3) is 3.97. The van der Waals surface area contributed by atoms with Crippen molar-refractivity contribution in [2.45, 2.75) is 32.0 Å². The molecule has 0 amide bonds. The summed E-state index contributed by atoms with van der Waals surface area (Å²) in [6.45, 7) is 1.53. The highest BCUT2D eigenvalue weighted by Gasteiger charge is 2.32. The molecule has 1 fully saturated rings. The van der Waals surface area contributed by atoms with Crippen LogP contribution in [0, 0.1) is 11.7 Å². The van der Waals surface area contributed by atoms with E-state index in [1.807, 2.05) is 30.6 Å². The molecule has 25 heavy (non-hydrogen) atoms. The summed E-state index contributed by atoms with van der Waals surface area (Å²) in [5.41, 5.74) is 2.42. The lowest BCUT2D eigenvalue weighted by atomic mass is 10.0. The van der Waals surface area contributed by atoms with Gasteiger partial charge in [0.05, 0.1) is 6.54 Å². The van der Waals surface area contributed by atoms with E-state index < -0.39 is 0 Å². The molecule has 0 aliphatic heterocycles. The summed E-state index contributed by atoms with van der Waals surface area (Å²) in [6.07, 6.45) is 6.33. The van der Waals surface area contributed by atoms with Crippen molar-refractivity contribution in [2.75, 3.05) is 0 Å². The number of rotatable bonds is 7. The molecule has 0 spiro atoms. The van der Waals surface area contributed by atoms with Gasteiger partial charge in [-0.2, -0.15) is 0 Å². The SMILES string of the molecule is Fc1ccc([C@@H](NCc2nccn2Cc2ccccc2)C2CC2)cc1. The summed E-state index contributed by atoms with van der Waals surface area (Å²) in [7, 11) is 0. The Balaban J connectivity index is 1.45. The average molecular weight is 335 g/mol. The first kappa shape index (κ1) is 16.0. The fourth-order valence-electron chi connectivity index (χ4n) is 3.29. The Kier molecular flexibility index (Phi) is 4.61. The van der Waals surface area contributed by atoms with E-state index in [2.05, 4.69) is 39.1 Å². The maximum absolute atomic E-state index is 13.2. The highest BCUT2D eigenvalue weighted by atomic mass is 19.1. The van der Waals surface area contributed by atoms with Gasteiger partial charge in [-0.05, 0) is 42.0 Å².